The predicted octanol–water partition coefficient (Wildman–Crippen LogP) is 15.6. The lowest BCUT2D eigenvalue weighted by atomic mass is 10.1. The van der Waals surface area contributed by atoms with E-state index in [-0.39, 0.29) is 11.8 Å². The molecule has 0 saturated heterocycles. The van der Waals surface area contributed by atoms with Gasteiger partial charge in [-0.05, 0) is 244 Å². The van der Waals surface area contributed by atoms with E-state index in [2.05, 4.69) is 238 Å². The summed E-state index contributed by atoms with van der Waals surface area (Å²) < 4.78 is 16.4. The van der Waals surface area contributed by atoms with Crippen molar-refractivity contribution in [1.29, 1.82) is 0 Å². The molecule has 2 amide bonds. The van der Waals surface area contributed by atoms with Crippen molar-refractivity contribution in [2.45, 2.75) is 43.2 Å². The first-order valence-corrected chi connectivity index (χ1v) is 30.3. The van der Waals surface area contributed by atoms with Crippen molar-refractivity contribution in [1.82, 2.24) is 0 Å². The number of esters is 2. The molecular weight excluding hydrogens is 1610 g/mol. The van der Waals surface area contributed by atoms with E-state index in [4.69, 9.17) is 9.47 Å². The van der Waals surface area contributed by atoms with Crippen LogP contribution in [-0.4, -0.2) is 30.8 Å². The molecule has 1 N–H and O–H groups in total. The highest BCUT2D eigenvalue weighted by Crippen LogP contribution is 2.39. The van der Waals surface area contributed by atoms with E-state index < -0.39 is 33.7 Å². The smallest absolute Gasteiger partial charge is 0.345 e. The number of halogens is 6. The molecule has 8 rings (SSSR count). The lowest BCUT2D eigenvalue weighted by molar-refractivity contribution is -0.116. The number of carbonyl (C=O) groups is 4. The van der Waals surface area contributed by atoms with Crippen molar-refractivity contribution in [2.75, 3.05) is 17.3 Å². The number of carbonyl (C=O) groups excluding carboxylic acids is 4. The highest BCUT2D eigenvalue weighted by Gasteiger charge is 2.32. The van der Waals surface area contributed by atoms with E-state index in [9.17, 15) is 19.2 Å². The average molecular weight is 1650 g/mol. The Morgan fingerprint density at radius 1 is 0.451 bits per heavy atom. The normalized spacial score (nSPS) is 11.8. The van der Waals surface area contributed by atoms with Gasteiger partial charge in [-0.15, -0.1) is 0 Å². The Balaban J connectivity index is 1.07. The van der Waals surface area contributed by atoms with Gasteiger partial charge in [-0.3, -0.25) is 9.59 Å². The molecule has 356 valence electrons. The molecule has 16 heteroatoms. The minimum atomic E-state index is -0.512. The molecule has 8 nitrogen and oxygen atoms in total. The number of ether oxygens (including phenoxy) is 2. The maximum absolute atomic E-state index is 13.8. The molecule has 0 aliphatic rings. The van der Waals surface area contributed by atoms with Crippen molar-refractivity contribution in [3.8, 4) is 22.6 Å². The van der Waals surface area contributed by atoms with Crippen molar-refractivity contribution in [3.63, 3.8) is 0 Å². The van der Waals surface area contributed by atoms with Gasteiger partial charge < -0.3 is 19.7 Å². The SMILES string of the molecule is CC(=O)Nc1c(I)cc(I)c(C(=O)Oc2ccc([S+](c3ccccc3)c3cccc(-c4cccc([S+](c5ccccc5)c5ccc(OC(=O)c6c(I)cc(I)c(N(C)C(C)=O)c6I)cc5)c4)c3)cc2)c1I. The molecule has 0 aliphatic carbocycles. The lowest BCUT2D eigenvalue weighted by Crippen LogP contribution is -2.26. The Labute approximate surface area is 499 Å². The zero-order chi connectivity index (χ0) is 50.5. The van der Waals surface area contributed by atoms with Crippen LogP contribution in [0.4, 0.5) is 11.4 Å². The molecule has 0 bridgehead atoms. The zero-order valence-electron chi connectivity index (χ0n) is 37.6. The van der Waals surface area contributed by atoms with Gasteiger partial charge >= 0.3 is 11.9 Å². The monoisotopic (exact) mass is 1650 g/mol. The lowest BCUT2D eigenvalue weighted by Gasteiger charge is -2.21. The van der Waals surface area contributed by atoms with E-state index in [1.807, 2.05) is 72.8 Å². The van der Waals surface area contributed by atoms with Crippen molar-refractivity contribution < 1.29 is 28.7 Å². The summed E-state index contributed by atoms with van der Waals surface area (Å²) in [7, 11) is 0.680. The Morgan fingerprint density at radius 3 is 1.27 bits per heavy atom. The van der Waals surface area contributed by atoms with E-state index in [0.29, 0.717) is 41.1 Å². The summed E-state index contributed by atoms with van der Waals surface area (Å²) in [6.07, 6.45) is 0. The summed E-state index contributed by atoms with van der Waals surface area (Å²) in [5.41, 5.74) is 4.22. The summed E-state index contributed by atoms with van der Waals surface area (Å²) in [5.74, 6) is -0.510. The summed E-state index contributed by atoms with van der Waals surface area (Å²) >= 11 is 12.8. The molecule has 0 aliphatic heterocycles. The van der Waals surface area contributed by atoms with Crippen LogP contribution >= 0.6 is 136 Å². The van der Waals surface area contributed by atoms with Gasteiger partial charge in [-0.25, -0.2) is 9.59 Å². The van der Waals surface area contributed by atoms with Crippen LogP contribution < -0.4 is 19.7 Å². The molecule has 2 atom stereocenters. The third-order valence-corrected chi connectivity index (χ3v) is 20.7. The Bertz CT molecular complexity index is 3330. The van der Waals surface area contributed by atoms with Gasteiger partial charge in [-0.2, -0.15) is 0 Å². The number of nitrogens with zero attached hydrogens (tertiary/aromatic N) is 1. The Morgan fingerprint density at radius 2 is 0.845 bits per heavy atom. The maximum atomic E-state index is 13.8. The fraction of sp³-hybridized carbons (Fsp3) is 0.0545. The molecule has 0 heterocycles. The average Bonchev–Trinajstić information content (AvgIpc) is 3.34. The van der Waals surface area contributed by atoms with Gasteiger partial charge in [0.1, 0.15) is 11.5 Å². The number of rotatable bonds is 13. The first-order valence-electron chi connectivity index (χ1n) is 21.4. The molecule has 8 aromatic rings. The van der Waals surface area contributed by atoms with Crippen LogP contribution in [0.25, 0.3) is 11.1 Å². The quantitative estimate of drug-likeness (QED) is 0.0534. The summed E-state index contributed by atoms with van der Waals surface area (Å²) in [5, 5.41) is 2.85. The highest BCUT2D eigenvalue weighted by molar-refractivity contribution is 14.1. The first-order chi connectivity index (χ1) is 34.1. The van der Waals surface area contributed by atoms with Gasteiger partial charge in [0.05, 0.1) is 51.4 Å². The number of hydrogen-bond donors (Lipinski definition) is 1. The molecular formula is C55H38I6N2O6S2+2. The fourth-order valence-corrected chi connectivity index (χ4v) is 20.3. The molecule has 2 unspecified atom stereocenters. The third-order valence-electron chi connectivity index (χ3n) is 10.8. The van der Waals surface area contributed by atoms with E-state index in [1.54, 1.807) is 11.9 Å². The molecule has 0 aromatic heterocycles. The third kappa shape index (κ3) is 12.6. The van der Waals surface area contributed by atoms with Crippen LogP contribution in [0, 0.1) is 21.4 Å². The molecule has 71 heavy (non-hydrogen) atoms. The van der Waals surface area contributed by atoms with E-state index >= 15 is 0 Å². The van der Waals surface area contributed by atoms with Crippen molar-refractivity contribution in [3.05, 3.63) is 202 Å². The minimum Gasteiger partial charge on any atom is -0.423 e. The van der Waals surface area contributed by atoms with Crippen LogP contribution in [0.3, 0.4) is 0 Å². The summed E-state index contributed by atoms with van der Waals surface area (Å²) in [6, 6.07) is 57.4. The van der Waals surface area contributed by atoms with Crippen LogP contribution in [0.1, 0.15) is 34.6 Å². The second-order valence-corrected chi connectivity index (χ2v) is 26.4. The molecule has 0 fully saturated rings. The van der Waals surface area contributed by atoms with Crippen LogP contribution in [-0.2, 0) is 31.4 Å². The largest absolute Gasteiger partial charge is 0.423 e. The van der Waals surface area contributed by atoms with Crippen LogP contribution in [0.2, 0.25) is 0 Å². The Kier molecular flexibility index (Phi) is 18.5. The first kappa shape index (κ1) is 54.0. The van der Waals surface area contributed by atoms with Gasteiger partial charge in [0, 0.05) is 47.3 Å². The maximum Gasteiger partial charge on any atom is 0.345 e. The number of anilines is 2. The number of hydrogen-bond acceptors (Lipinski definition) is 6. The number of amides is 2. The summed E-state index contributed by atoms with van der Waals surface area (Å²) in [6.45, 7) is 2.94. The van der Waals surface area contributed by atoms with Crippen molar-refractivity contribution in [2.24, 2.45) is 0 Å². The zero-order valence-corrected chi connectivity index (χ0v) is 52.2. The molecule has 0 spiro atoms. The molecule has 0 saturated carbocycles. The highest BCUT2D eigenvalue weighted by atomic mass is 127. The van der Waals surface area contributed by atoms with Crippen LogP contribution in [0.15, 0.2) is 199 Å². The van der Waals surface area contributed by atoms with Gasteiger partial charge in [-0.1, -0.05) is 60.7 Å². The molecule has 0 radical (unpaired) electrons. The summed E-state index contributed by atoms with van der Waals surface area (Å²) in [4.78, 5) is 59.9. The van der Waals surface area contributed by atoms with E-state index in [0.717, 1.165) is 54.8 Å². The topological polar surface area (TPSA) is 102 Å². The minimum absolute atomic E-state index is 0.131. The molecule has 8 aromatic carbocycles. The van der Waals surface area contributed by atoms with Crippen LogP contribution in [0.5, 0.6) is 11.5 Å². The van der Waals surface area contributed by atoms with E-state index in [1.165, 1.54) is 13.8 Å². The van der Waals surface area contributed by atoms with Gasteiger partial charge in [0.2, 0.25) is 11.8 Å². The van der Waals surface area contributed by atoms with Crippen molar-refractivity contribution >= 4 is 192 Å². The fourth-order valence-electron chi connectivity index (χ4n) is 7.44. The second kappa shape index (κ2) is 24.4. The van der Waals surface area contributed by atoms with Gasteiger partial charge in [0.15, 0.2) is 29.4 Å². The number of nitrogens with one attached hydrogen (secondary N) is 1. The standard InChI is InChI=1S/C55H37I6N2O6S2/c1-32(64)62-52-46(58)30-44(56)48(50(52)60)54(66)68-36-20-24-40(25-21-36)70(38-14-6-4-7-15-38)42-18-10-12-34(28-42)35-13-11-19-43(29-35)71(39-16-8-5-9-17-39)41-26-22-37(23-27-41)69-55(67)49-45(57)31-47(59)53(51(49)61)63(3)33(2)65/h4-31H,1-3H3/q+1/p+1. The predicted molar refractivity (Wildman–Crippen MR) is 334 cm³/mol. The number of benzene rings is 8. The second-order valence-electron chi connectivity index (χ2n) is 15.6. The Hall–Kier alpha value is -3.28. The van der Waals surface area contributed by atoms with Gasteiger partial charge in [0.25, 0.3) is 0 Å².